The number of aliphatic imine (C=N–C) groups is 1. The van der Waals surface area contributed by atoms with Crippen LogP contribution in [0.1, 0.15) is 24.0 Å². The summed E-state index contributed by atoms with van der Waals surface area (Å²) in [6, 6.07) is 14.2. The molecule has 0 saturated heterocycles. The quantitative estimate of drug-likeness (QED) is 0.627. The van der Waals surface area contributed by atoms with E-state index < -0.39 is 0 Å². The van der Waals surface area contributed by atoms with Crippen molar-refractivity contribution in [1.29, 1.82) is 0 Å². The molecular weight excluding hydrogens is 368 g/mol. The third kappa shape index (κ3) is 4.34. The highest BCUT2D eigenvalue weighted by atomic mass is 32.1. The van der Waals surface area contributed by atoms with Gasteiger partial charge in [-0.25, -0.2) is 4.98 Å². The summed E-state index contributed by atoms with van der Waals surface area (Å²) in [5.74, 6) is 2.47. The standard InChI is InChI=1S/C22H24N4OS/c1-15-9-10-19(16(2)13-15)27-20-8-4-3-7-17(20)18-14-28-22(25-18)26-21-23-11-5-6-12-24-21/h3-4,7-10,13-14H,5-6,11-12H2,1-2H3,(H2,23,24,25,26). The van der Waals surface area contributed by atoms with Crippen LogP contribution in [0.5, 0.6) is 11.5 Å². The lowest BCUT2D eigenvalue weighted by atomic mass is 10.1. The molecule has 144 valence electrons. The maximum atomic E-state index is 6.23. The molecule has 0 fully saturated rings. The Labute approximate surface area is 169 Å². The molecule has 1 aromatic heterocycles. The lowest BCUT2D eigenvalue weighted by Crippen LogP contribution is -2.30. The fourth-order valence-corrected chi connectivity index (χ4v) is 3.84. The van der Waals surface area contributed by atoms with Gasteiger partial charge in [-0.05, 0) is 50.5 Å². The van der Waals surface area contributed by atoms with E-state index in [1.54, 1.807) is 11.3 Å². The number of hydrogen-bond donors (Lipinski definition) is 2. The Balaban J connectivity index is 1.56. The third-order valence-corrected chi connectivity index (χ3v) is 5.35. The van der Waals surface area contributed by atoms with Gasteiger partial charge in [-0.1, -0.05) is 29.8 Å². The van der Waals surface area contributed by atoms with Crippen molar-refractivity contribution in [2.24, 2.45) is 4.99 Å². The van der Waals surface area contributed by atoms with Gasteiger partial charge in [-0.15, -0.1) is 11.3 Å². The Morgan fingerprint density at radius 3 is 2.86 bits per heavy atom. The molecule has 0 radical (unpaired) electrons. The van der Waals surface area contributed by atoms with E-state index >= 15 is 0 Å². The number of nitrogens with zero attached hydrogens (tertiary/aromatic N) is 2. The number of para-hydroxylation sites is 1. The number of benzene rings is 2. The fraction of sp³-hybridized carbons (Fsp3) is 0.273. The molecule has 0 aliphatic carbocycles. The molecule has 1 aliphatic heterocycles. The molecule has 0 spiro atoms. The van der Waals surface area contributed by atoms with E-state index in [0.29, 0.717) is 0 Å². The van der Waals surface area contributed by atoms with Crippen molar-refractivity contribution in [3.8, 4) is 22.8 Å². The van der Waals surface area contributed by atoms with E-state index in [9.17, 15) is 0 Å². The van der Waals surface area contributed by atoms with Crippen molar-refractivity contribution in [3.63, 3.8) is 0 Å². The van der Waals surface area contributed by atoms with E-state index in [-0.39, 0.29) is 0 Å². The Hall–Kier alpha value is -2.86. The highest BCUT2D eigenvalue weighted by molar-refractivity contribution is 7.14. The van der Waals surface area contributed by atoms with Gasteiger partial charge in [0, 0.05) is 24.0 Å². The van der Waals surface area contributed by atoms with Gasteiger partial charge in [-0.3, -0.25) is 4.99 Å². The van der Waals surface area contributed by atoms with Crippen LogP contribution in [0.15, 0.2) is 52.8 Å². The minimum atomic E-state index is 0.802. The Morgan fingerprint density at radius 2 is 1.96 bits per heavy atom. The molecule has 2 N–H and O–H groups in total. The van der Waals surface area contributed by atoms with E-state index in [2.05, 4.69) is 41.6 Å². The van der Waals surface area contributed by atoms with Gasteiger partial charge in [0.15, 0.2) is 11.1 Å². The zero-order valence-electron chi connectivity index (χ0n) is 16.2. The number of rotatable bonds is 4. The van der Waals surface area contributed by atoms with Gasteiger partial charge in [0.2, 0.25) is 0 Å². The molecule has 0 unspecified atom stereocenters. The maximum absolute atomic E-state index is 6.23. The topological polar surface area (TPSA) is 58.5 Å². The second-order valence-corrected chi connectivity index (χ2v) is 7.75. The Morgan fingerprint density at radius 1 is 1.07 bits per heavy atom. The average molecular weight is 393 g/mol. The van der Waals surface area contributed by atoms with Crippen LogP contribution >= 0.6 is 11.3 Å². The van der Waals surface area contributed by atoms with Crippen LogP contribution in [0.4, 0.5) is 5.13 Å². The van der Waals surface area contributed by atoms with Gasteiger partial charge in [0.05, 0.1) is 5.69 Å². The number of thiazole rings is 1. The first-order valence-corrected chi connectivity index (χ1v) is 10.4. The maximum Gasteiger partial charge on any atom is 0.197 e. The molecule has 4 rings (SSSR count). The SMILES string of the molecule is Cc1ccc(Oc2ccccc2-c2csc(NC3=NCCCCN3)n2)c(C)c1. The van der Waals surface area contributed by atoms with E-state index in [1.807, 2.05) is 35.7 Å². The molecule has 3 aromatic rings. The van der Waals surface area contributed by atoms with Crippen molar-refractivity contribution in [2.75, 3.05) is 18.4 Å². The summed E-state index contributed by atoms with van der Waals surface area (Å²) in [5, 5.41) is 9.48. The normalized spacial score (nSPS) is 14.0. The molecule has 2 heterocycles. The summed E-state index contributed by atoms with van der Waals surface area (Å²) in [5.41, 5.74) is 4.21. The van der Waals surface area contributed by atoms with Crippen LogP contribution in [0.3, 0.4) is 0 Å². The predicted molar refractivity (Wildman–Crippen MR) is 117 cm³/mol. The second kappa shape index (κ2) is 8.44. The molecule has 28 heavy (non-hydrogen) atoms. The summed E-state index contributed by atoms with van der Waals surface area (Å²) >= 11 is 1.57. The molecular formula is C22H24N4OS. The van der Waals surface area contributed by atoms with Gasteiger partial charge >= 0.3 is 0 Å². The van der Waals surface area contributed by atoms with Gasteiger partial charge in [0.25, 0.3) is 0 Å². The van der Waals surface area contributed by atoms with Gasteiger partial charge in [0.1, 0.15) is 11.5 Å². The molecule has 1 aliphatic rings. The molecule has 2 aromatic carbocycles. The lowest BCUT2D eigenvalue weighted by Gasteiger charge is -2.12. The Kier molecular flexibility index (Phi) is 5.58. The number of anilines is 1. The van der Waals surface area contributed by atoms with Gasteiger partial charge in [-0.2, -0.15) is 0 Å². The van der Waals surface area contributed by atoms with Crippen LogP contribution in [0.2, 0.25) is 0 Å². The van der Waals surface area contributed by atoms with Crippen molar-refractivity contribution >= 4 is 22.4 Å². The Bertz CT molecular complexity index is 996. The summed E-state index contributed by atoms with van der Waals surface area (Å²) < 4.78 is 6.23. The molecule has 0 saturated carbocycles. The smallest absolute Gasteiger partial charge is 0.197 e. The number of nitrogens with one attached hydrogen (secondary N) is 2. The summed E-state index contributed by atoms with van der Waals surface area (Å²) in [4.78, 5) is 9.28. The fourth-order valence-electron chi connectivity index (χ4n) is 3.13. The predicted octanol–water partition coefficient (Wildman–Crippen LogP) is 5.37. The first-order chi connectivity index (χ1) is 13.7. The molecule has 6 heteroatoms. The summed E-state index contributed by atoms with van der Waals surface area (Å²) in [6.07, 6.45) is 2.26. The van der Waals surface area contributed by atoms with Crippen molar-refractivity contribution in [3.05, 3.63) is 59.0 Å². The zero-order valence-corrected chi connectivity index (χ0v) is 17.0. The van der Waals surface area contributed by atoms with Crippen LogP contribution in [-0.2, 0) is 0 Å². The lowest BCUT2D eigenvalue weighted by molar-refractivity contribution is 0.480. The average Bonchev–Trinajstić information content (AvgIpc) is 2.99. The van der Waals surface area contributed by atoms with Crippen LogP contribution < -0.4 is 15.4 Å². The molecule has 0 bridgehead atoms. The number of guanidine groups is 1. The first-order valence-electron chi connectivity index (χ1n) is 9.54. The molecule has 0 atom stereocenters. The summed E-state index contributed by atoms with van der Waals surface area (Å²) in [7, 11) is 0. The number of aryl methyl sites for hydroxylation is 2. The number of aromatic nitrogens is 1. The van der Waals surface area contributed by atoms with Gasteiger partial charge < -0.3 is 15.4 Å². The minimum Gasteiger partial charge on any atom is -0.456 e. The number of hydrogen-bond acceptors (Lipinski definition) is 6. The highest BCUT2D eigenvalue weighted by Gasteiger charge is 2.13. The van der Waals surface area contributed by atoms with E-state index in [0.717, 1.165) is 65.3 Å². The molecule has 0 amide bonds. The van der Waals surface area contributed by atoms with Crippen LogP contribution in [-0.4, -0.2) is 24.0 Å². The summed E-state index contributed by atoms with van der Waals surface area (Å²) in [6.45, 7) is 5.94. The first kappa shape index (κ1) is 18.5. The van der Waals surface area contributed by atoms with Crippen molar-refractivity contribution < 1.29 is 4.74 Å². The minimum absolute atomic E-state index is 0.802. The third-order valence-electron chi connectivity index (χ3n) is 4.59. The van der Waals surface area contributed by atoms with Crippen molar-refractivity contribution in [1.82, 2.24) is 10.3 Å². The van der Waals surface area contributed by atoms with Crippen molar-refractivity contribution in [2.45, 2.75) is 26.7 Å². The monoisotopic (exact) mass is 392 g/mol. The second-order valence-electron chi connectivity index (χ2n) is 6.89. The largest absolute Gasteiger partial charge is 0.456 e. The van der Waals surface area contributed by atoms with Crippen LogP contribution in [0, 0.1) is 13.8 Å². The zero-order chi connectivity index (χ0) is 19.3. The molecule has 5 nitrogen and oxygen atoms in total. The van der Waals surface area contributed by atoms with E-state index in [1.165, 1.54) is 5.56 Å². The highest BCUT2D eigenvalue weighted by Crippen LogP contribution is 2.35. The number of ether oxygens (including phenoxy) is 1. The van der Waals surface area contributed by atoms with E-state index in [4.69, 9.17) is 9.72 Å². The van der Waals surface area contributed by atoms with Crippen LogP contribution in [0.25, 0.3) is 11.3 Å².